The Kier molecular flexibility index (Phi) is 5.16. The summed E-state index contributed by atoms with van der Waals surface area (Å²) in [6.45, 7) is 0. The highest BCUT2D eigenvalue weighted by atomic mass is 32.2. The highest BCUT2D eigenvalue weighted by molar-refractivity contribution is 8.16. The number of carbonyl (C=O) groups excluding carboxylic acids is 1. The molecule has 2 heterocycles. The Hall–Kier alpha value is -2.32. The fourth-order valence-corrected chi connectivity index (χ4v) is 7.45. The summed E-state index contributed by atoms with van der Waals surface area (Å²) in [7, 11) is -1.47. The summed E-state index contributed by atoms with van der Waals surface area (Å²) in [5.74, 6) is 0.692. The number of methoxy groups -OCH3 is 1. The largest absolute Gasteiger partial charge is 0.497 e. The van der Waals surface area contributed by atoms with Gasteiger partial charge in [0.15, 0.2) is 15.0 Å². The molecule has 6 nitrogen and oxygen atoms in total. The number of benzene rings is 2. The van der Waals surface area contributed by atoms with Crippen molar-refractivity contribution in [3.63, 3.8) is 0 Å². The summed E-state index contributed by atoms with van der Waals surface area (Å²) in [6.07, 6.45) is 0.185. The van der Waals surface area contributed by atoms with Crippen molar-refractivity contribution in [3.8, 4) is 5.75 Å². The van der Waals surface area contributed by atoms with Crippen LogP contribution in [0.4, 0.5) is 5.69 Å². The fourth-order valence-electron chi connectivity index (χ4n) is 3.52. The molecule has 0 spiro atoms. The van der Waals surface area contributed by atoms with Crippen LogP contribution in [-0.2, 0) is 21.1 Å². The molecule has 0 aromatic heterocycles. The normalized spacial score (nSPS) is 24.3. The number of anilines is 1. The number of amidine groups is 1. The lowest BCUT2D eigenvalue weighted by atomic mass is 10.1. The predicted octanol–water partition coefficient (Wildman–Crippen LogP) is 2.54. The molecule has 146 valence electrons. The first-order valence-corrected chi connectivity index (χ1v) is 11.6. The summed E-state index contributed by atoms with van der Waals surface area (Å²) >= 11 is 1.39. The Balaban J connectivity index is 1.58. The average molecular weight is 417 g/mol. The van der Waals surface area contributed by atoms with Gasteiger partial charge >= 0.3 is 0 Å². The molecule has 0 bridgehead atoms. The van der Waals surface area contributed by atoms with Gasteiger partial charge in [0, 0.05) is 10.9 Å². The van der Waals surface area contributed by atoms with Crippen molar-refractivity contribution in [2.45, 2.75) is 17.7 Å². The number of aliphatic imine (C=N–C) groups is 1. The first-order chi connectivity index (χ1) is 13.4. The molecule has 2 saturated heterocycles. The van der Waals surface area contributed by atoms with Crippen LogP contribution in [0.2, 0.25) is 0 Å². The van der Waals surface area contributed by atoms with E-state index in [9.17, 15) is 13.2 Å². The van der Waals surface area contributed by atoms with Crippen molar-refractivity contribution < 1.29 is 17.9 Å². The molecular weight excluding hydrogens is 396 g/mol. The van der Waals surface area contributed by atoms with Crippen LogP contribution in [0.1, 0.15) is 5.56 Å². The first kappa shape index (κ1) is 19.0. The molecule has 1 amide bonds. The van der Waals surface area contributed by atoms with E-state index >= 15 is 0 Å². The number of para-hydroxylation sites is 1. The second-order valence-electron chi connectivity index (χ2n) is 6.82. The molecule has 2 aromatic rings. The van der Waals surface area contributed by atoms with E-state index in [2.05, 4.69) is 4.99 Å². The molecular formula is C20H20N2O4S2. The topological polar surface area (TPSA) is 76.0 Å². The van der Waals surface area contributed by atoms with E-state index in [0.29, 0.717) is 5.17 Å². The van der Waals surface area contributed by atoms with E-state index < -0.39 is 9.84 Å². The zero-order valence-electron chi connectivity index (χ0n) is 15.3. The maximum absolute atomic E-state index is 12.6. The lowest BCUT2D eigenvalue weighted by Gasteiger charge is -2.24. The van der Waals surface area contributed by atoms with Crippen LogP contribution in [0, 0.1) is 0 Å². The van der Waals surface area contributed by atoms with E-state index in [-0.39, 0.29) is 35.1 Å². The quantitative estimate of drug-likeness (QED) is 0.762. The van der Waals surface area contributed by atoms with Crippen molar-refractivity contribution in [3.05, 3.63) is 60.2 Å². The third kappa shape index (κ3) is 3.93. The summed E-state index contributed by atoms with van der Waals surface area (Å²) < 4.78 is 29.3. The Morgan fingerprint density at radius 3 is 2.54 bits per heavy atom. The molecule has 4 rings (SSSR count). The van der Waals surface area contributed by atoms with Gasteiger partial charge < -0.3 is 9.64 Å². The summed E-state index contributed by atoms with van der Waals surface area (Å²) in [5, 5.41) is 0.479. The minimum absolute atomic E-state index is 0.0885. The monoisotopic (exact) mass is 416 g/mol. The zero-order chi connectivity index (χ0) is 19.7. The Labute approximate surface area is 168 Å². The van der Waals surface area contributed by atoms with Crippen molar-refractivity contribution in [2.75, 3.05) is 23.5 Å². The molecule has 0 unspecified atom stereocenters. The number of hydrogen-bond donors (Lipinski definition) is 0. The lowest BCUT2D eigenvalue weighted by Crippen LogP contribution is -2.37. The minimum Gasteiger partial charge on any atom is -0.497 e. The third-order valence-electron chi connectivity index (χ3n) is 4.84. The Bertz CT molecular complexity index is 1000. The van der Waals surface area contributed by atoms with Crippen LogP contribution >= 0.6 is 11.8 Å². The molecule has 28 heavy (non-hydrogen) atoms. The number of ether oxygens (including phenoxy) is 1. The van der Waals surface area contributed by atoms with Gasteiger partial charge in [0.25, 0.3) is 5.91 Å². The van der Waals surface area contributed by atoms with Gasteiger partial charge in [-0.1, -0.05) is 42.1 Å². The van der Waals surface area contributed by atoms with Crippen molar-refractivity contribution in [1.82, 2.24) is 0 Å². The molecule has 2 atom stereocenters. The number of carbonyl (C=O) groups is 1. The number of sulfone groups is 1. The maximum atomic E-state index is 12.6. The second-order valence-corrected chi connectivity index (χ2v) is 10.2. The van der Waals surface area contributed by atoms with Crippen molar-refractivity contribution in [2.24, 2.45) is 4.99 Å². The third-order valence-corrected chi connectivity index (χ3v) is 8.05. The molecule has 2 fully saturated rings. The van der Waals surface area contributed by atoms with E-state index in [0.717, 1.165) is 17.0 Å². The van der Waals surface area contributed by atoms with Gasteiger partial charge in [-0.3, -0.25) is 4.79 Å². The lowest BCUT2D eigenvalue weighted by molar-refractivity contribution is -0.117. The number of thioether (sulfide) groups is 1. The van der Waals surface area contributed by atoms with Gasteiger partial charge in [-0.25, -0.2) is 8.42 Å². The number of fused-ring (bicyclic) bond motifs is 1. The number of hydrogen-bond acceptors (Lipinski definition) is 5. The maximum Gasteiger partial charge on any atom is 0.252 e. The summed E-state index contributed by atoms with van der Waals surface area (Å²) in [5.41, 5.74) is 1.71. The van der Waals surface area contributed by atoms with E-state index in [1.54, 1.807) is 7.11 Å². The molecule has 2 aliphatic heterocycles. The summed E-state index contributed by atoms with van der Waals surface area (Å²) in [6, 6.07) is 16.6. The second kappa shape index (κ2) is 7.60. The minimum atomic E-state index is -3.07. The zero-order valence-corrected chi connectivity index (χ0v) is 16.9. The van der Waals surface area contributed by atoms with Gasteiger partial charge in [0.05, 0.1) is 31.1 Å². The van der Waals surface area contributed by atoms with Crippen molar-refractivity contribution in [1.29, 1.82) is 0 Å². The Morgan fingerprint density at radius 2 is 1.86 bits per heavy atom. The van der Waals surface area contributed by atoms with Gasteiger partial charge in [-0.2, -0.15) is 4.99 Å². The smallest absolute Gasteiger partial charge is 0.252 e. The van der Waals surface area contributed by atoms with E-state index in [1.807, 2.05) is 59.5 Å². The highest BCUT2D eigenvalue weighted by Gasteiger charge is 2.49. The predicted molar refractivity (Wildman–Crippen MR) is 112 cm³/mol. The van der Waals surface area contributed by atoms with Crippen LogP contribution in [0.3, 0.4) is 0 Å². The molecule has 0 radical (unpaired) electrons. The fraction of sp³-hybridized carbons (Fsp3) is 0.300. The van der Waals surface area contributed by atoms with Crippen LogP contribution in [0.5, 0.6) is 5.75 Å². The first-order valence-electron chi connectivity index (χ1n) is 8.91. The number of rotatable bonds is 4. The van der Waals surface area contributed by atoms with Gasteiger partial charge in [0.1, 0.15) is 5.75 Å². The van der Waals surface area contributed by atoms with Crippen molar-refractivity contribution >= 4 is 38.4 Å². The average Bonchev–Trinajstić information content (AvgIpc) is 3.13. The molecule has 0 N–H and O–H groups in total. The van der Waals surface area contributed by atoms with E-state index in [4.69, 9.17) is 4.74 Å². The summed E-state index contributed by atoms with van der Waals surface area (Å²) in [4.78, 5) is 18.8. The molecule has 0 saturated carbocycles. The standard InChI is InChI=1S/C20H20N2O4S2/c1-26-16-9-7-14(8-10-16)11-19(23)21-20-22(15-5-3-2-4-6-15)17-12-28(24,25)13-18(17)27-20/h2-10,17-18H,11-13H2,1H3/t17-,18+/m0/s1. The number of amides is 1. The van der Waals surface area contributed by atoms with Gasteiger partial charge in [-0.05, 0) is 29.8 Å². The van der Waals surface area contributed by atoms with Gasteiger partial charge in [0.2, 0.25) is 0 Å². The van der Waals surface area contributed by atoms with E-state index in [1.165, 1.54) is 11.8 Å². The highest BCUT2D eigenvalue weighted by Crippen LogP contribution is 2.40. The number of nitrogens with zero attached hydrogens (tertiary/aromatic N) is 2. The molecule has 8 heteroatoms. The van der Waals surface area contributed by atoms with Crippen LogP contribution in [-0.4, -0.2) is 49.4 Å². The molecule has 2 aromatic carbocycles. The van der Waals surface area contributed by atoms with Crippen LogP contribution < -0.4 is 9.64 Å². The molecule has 0 aliphatic carbocycles. The van der Waals surface area contributed by atoms with Gasteiger partial charge in [-0.15, -0.1) is 0 Å². The Morgan fingerprint density at radius 1 is 1.14 bits per heavy atom. The SMILES string of the molecule is COc1ccc(CC(=O)N=C2S[C@@H]3CS(=O)(=O)C[C@@H]3N2c2ccccc2)cc1. The van der Waals surface area contributed by atoms with Crippen LogP contribution in [0.15, 0.2) is 59.6 Å². The molecule has 2 aliphatic rings. The van der Waals surface area contributed by atoms with Crippen LogP contribution in [0.25, 0.3) is 0 Å².